The molecule has 6 heteroatoms. The minimum Gasteiger partial charge on any atom is -0.349 e. The summed E-state index contributed by atoms with van der Waals surface area (Å²) in [5.41, 5.74) is 0.577. The van der Waals surface area contributed by atoms with E-state index in [2.05, 4.69) is 33.9 Å². The second kappa shape index (κ2) is 6.21. The Hall–Kier alpha value is -0.330. The van der Waals surface area contributed by atoms with Gasteiger partial charge in [0.2, 0.25) is 0 Å². The molecule has 2 rings (SSSR count). The van der Waals surface area contributed by atoms with Crippen LogP contribution >= 0.6 is 28.6 Å². The first-order valence-corrected chi connectivity index (χ1v) is 8.43. The summed E-state index contributed by atoms with van der Waals surface area (Å²) in [5, 5.41) is 2.98. The zero-order valence-electron chi connectivity index (χ0n) is 9.69. The van der Waals surface area contributed by atoms with Crippen molar-refractivity contribution in [3.63, 3.8) is 0 Å². The maximum atomic E-state index is 12.1. The van der Waals surface area contributed by atoms with Crippen molar-refractivity contribution in [3.8, 4) is 0 Å². The molecular weight excluding hydrogens is 334 g/mol. The van der Waals surface area contributed by atoms with Gasteiger partial charge in [-0.15, -0.1) is 12.6 Å². The van der Waals surface area contributed by atoms with Gasteiger partial charge in [-0.1, -0.05) is 15.9 Å². The van der Waals surface area contributed by atoms with Gasteiger partial charge < -0.3 is 5.32 Å². The van der Waals surface area contributed by atoms with Crippen LogP contribution in [-0.4, -0.2) is 27.7 Å². The summed E-state index contributed by atoms with van der Waals surface area (Å²) < 4.78 is 12.1. The molecule has 1 aliphatic rings. The fraction of sp³-hybridized carbons (Fsp3) is 0.417. The van der Waals surface area contributed by atoms with Crippen LogP contribution in [0.3, 0.4) is 0 Å². The highest BCUT2D eigenvalue weighted by molar-refractivity contribution is 9.10. The first kappa shape index (κ1) is 14.1. The van der Waals surface area contributed by atoms with Gasteiger partial charge in [0.15, 0.2) is 0 Å². The molecule has 1 N–H and O–H groups in total. The number of nitrogens with one attached hydrogen (secondary N) is 1. The minimum absolute atomic E-state index is 0.106. The Morgan fingerprint density at radius 2 is 2.06 bits per heavy atom. The Kier molecular flexibility index (Phi) is 4.86. The fourth-order valence-electron chi connectivity index (χ4n) is 1.90. The molecule has 18 heavy (non-hydrogen) atoms. The molecule has 1 aromatic carbocycles. The van der Waals surface area contributed by atoms with E-state index in [1.165, 1.54) is 0 Å². The second-order valence-corrected chi connectivity index (χ2v) is 7.35. The average molecular weight is 348 g/mol. The number of hydrogen-bond acceptors (Lipinski definition) is 3. The van der Waals surface area contributed by atoms with Gasteiger partial charge in [0, 0.05) is 37.7 Å². The third-order valence-corrected chi connectivity index (χ3v) is 5.17. The van der Waals surface area contributed by atoms with Crippen LogP contribution in [0.4, 0.5) is 0 Å². The summed E-state index contributed by atoms with van der Waals surface area (Å²) in [7, 11) is -0.700. The molecule has 0 radical (unpaired) electrons. The SMILES string of the molecule is O=C(NC1CCS(=O)CC1)c1ccc(Br)cc1S. The van der Waals surface area contributed by atoms with Gasteiger partial charge in [0.1, 0.15) is 0 Å². The van der Waals surface area contributed by atoms with Crippen LogP contribution in [0.5, 0.6) is 0 Å². The molecular formula is C12H14BrNO2S2. The van der Waals surface area contributed by atoms with Crippen LogP contribution in [0.15, 0.2) is 27.6 Å². The molecule has 1 aromatic rings. The Balaban J connectivity index is 2.01. The van der Waals surface area contributed by atoms with Crippen LogP contribution < -0.4 is 5.32 Å². The maximum absolute atomic E-state index is 12.1. The molecule has 0 atom stereocenters. The molecule has 1 aliphatic heterocycles. The van der Waals surface area contributed by atoms with E-state index in [9.17, 15) is 9.00 Å². The molecule has 0 bridgehead atoms. The average Bonchev–Trinajstić information content (AvgIpc) is 2.32. The predicted molar refractivity (Wildman–Crippen MR) is 79.8 cm³/mol. The van der Waals surface area contributed by atoms with Gasteiger partial charge in [-0.25, -0.2) is 0 Å². The Labute approximate surface area is 123 Å². The van der Waals surface area contributed by atoms with Crippen LogP contribution in [0.2, 0.25) is 0 Å². The number of carbonyl (C=O) groups excluding carboxylic acids is 1. The molecule has 98 valence electrons. The molecule has 0 aromatic heterocycles. The molecule has 1 fully saturated rings. The number of carbonyl (C=O) groups is 1. The van der Waals surface area contributed by atoms with Crippen molar-refractivity contribution in [1.82, 2.24) is 5.32 Å². The molecule has 1 heterocycles. The quantitative estimate of drug-likeness (QED) is 0.806. The molecule has 3 nitrogen and oxygen atoms in total. The van der Waals surface area contributed by atoms with Crippen molar-refractivity contribution in [2.45, 2.75) is 23.8 Å². The molecule has 0 spiro atoms. The lowest BCUT2D eigenvalue weighted by atomic mass is 10.1. The highest BCUT2D eigenvalue weighted by atomic mass is 79.9. The standard InChI is InChI=1S/C12H14BrNO2S2/c13-8-1-2-10(11(17)7-8)12(15)14-9-3-5-18(16)6-4-9/h1-2,7,9,17H,3-6H2,(H,14,15). The zero-order chi connectivity index (χ0) is 13.1. The van der Waals surface area contributed by atoms with E-state index in [4.69, 9.17) is 0 Å². The van der Waals surface area contributed by atoms with Crippen molar-refractivity contribution in [3.05, 3.63) is 28.2 Å². The minimum atomic E-state index is -0.700. The topological polar surface area (TPSA) is 46.2 Å². The summed E-state index contributed by atoms with van der Waals surface area (Å²) in [6.07, 6.45) is 1.58. The maximum Gasteiger partial charge on any atom is 0.252 e. The van der Waals surface area contributed by atoms with E-state index in [0.717, 1.165) is 17.3 Å². The number of benzene rings is 1. The van der Waals surface area contributed by atoms with E-state index in [1.54, 1.807) is 12.1 Å². The van der Waals surface area contributed by atoms with Gasteiger partial charge in [0.05, 0.1) is 5.56 Å². The lowest BCUT2D eigenvalue weighted by Gasteiger charge is -2.22. The predicted octanol–water partition coefficient (Wildman–Crippen LogP) is 2.38. The number of rotatable bonds is 2. The lowest BCUT2D eigenvalue weighted by Crippen LogP contribution is -2.39. The van der Waals surface area contributed by atoms with Crippen molar-refractivity contribution in [2.24, 2.45) is 0 Å². The zero-order valence-corrected chi connectivity index (χ0v) is 13.0. The second-order valence-electron chi connectivity index (χ2n) is 4.26. The Morgan fingerprint density at radius 1 is 1.39 bits per heavy atom. The van der Waals surface area contributed by atoms with Crippen LogP contribution in [-0.2, 0) is 10.8 Å². The lowest BCUT2D eigenvalue weighted by molar-refractivity contribution is 0.0931. The summed E-state index contributed by atoms with van der Waals surface area (Å²) in [4.78, 5) is 12.7. The van der Waals surface area contributed by atoms with E-state index in [1.807, 2.05) is 6.07 Å². The fourth-order valence-corrected chi connectivity index (χ4v) is 4.05. The van der Waals surface area contributed by atoms with Gasteiger partial charge in [-0.05, 0) is 31.0 Å². The molecule has 0 aliphatic carbocycles. The number of hydrogen-bond donors (Lipinski definition) is 2. The molecule has 0 unspecified atom stereocenters. The van der Waals surface area contributed by atoms with E-state index in [0.29, 0.717) is 22.0 Å². The Bertz CT molecular complexity index is 483. The summed E-state index contributed by atoms with van der Waals surface area (Å²) in [6, 6.07) is 5.51. The van der Waals surface area contributed by atoms with Gasteiger partial charge in [-0.2, -0.15) is 0 Å². The normalized spacial score (nSPS) is 23.7. The van der Waals surface area contributed by atoms with Gasteiger partial charge in [-0.3, -0.25) is 9.00 Å². The first-order chi connectivity index (χ1) is 8.56. The summed E-state index contributed by atoms with van der Waals surface area (Å²) in [5.74, 6) is 1.25. The van der Waals surface area contributed by atoms with E-state index < -0.39 is 10.8 Å². The van der Waals surface area contributed by atoms with Gasteiger partial charge in [0.25, 0.3) is 5.91 Å². The van der Waals surface area contributed by atoms with Crippen molar-refractivity contribution in [1.29, 1.82) is 0 Å². The number of halogens is 1. The largest absolute Gasteiger partial charge is 0.349 e. The first-order valence-electron chi connectivity index (χ1n) is 5.70. The van der Waals surface area contributed by atoms with Crippen LogP contribution in [0, 0.1) is 0 Å². The van der Waals surface area contributed by atoms with Crippen molar-refractivity contribution < 1.29 is 9.00 Å². The monoisotopic (exact) mass is 347 g/mol. The number of thiol groups is 1. The molecule has 1 saturated heterocycles. The third-order valence-electron chi connectivity index (χ3n) is 2.93. The van der Waals surface area contributed by atoms with Crippen LogP contribution in [0.1, 0.15) is 23.2 Å². The number of amides is 1. The molecule has 1 amide bonds. The Morgan fingerprint density at radius 3 is 2.67 bits per heavy atom. The highest BCUT2D eigenvalue weighted by Crippen LogP contribution is 2.20. The van der Waals surface area contributed by atoms with Gasteiger partial charge >= 0.3 is 0 Å². The highest BCUT2D eigenvalue weighted by Gasteiger charge is 2.20. The summed E-state index contributed by atoms with van der Waals surface area (Å²) in [6.45, 7) is 0. The van der Waals surface area contributed by atoms with Crippen molar-refractivity contribution in [2.75, 3.05) is 11.5 Å². The van der Waals surface area contributed by atoms with E-state index >= 15 is 0 Å². The smallest absolute Gasteiger partial charge is 0.252 e. The third kappa shape index (κ3) is 3.59. The van der Waals surface area contributed by atoms with Crippen LogP contribution in [0.25, 0.3) is 0 Å². The molecule has 0 saturated carbocycles. The summed E-state index contributed by atoms with van der Waals surface area (Å²) >= 11 is 7.64. The van der Waals surface area contributed by atoms with Crippen molar-refractivity contribution >= 4 is 45.3 Å². The van der Waals surface area contributed by atoms with E-state index in [-0.39, 0.29) is 11.9 Å².